The van der Waals surface area contributed by atoms with E-state index >= 15 is 0 Å². The van der Waals surface area contributed by atoms with Crippen molar-refractivity contribution >= 4 is 41.0 Å². The molecule has 1 aliphatic heterocycles. The molecule has 2 N–H and O–H groups in total. The first-order chi connectivity index (χ1) is 17.2. The summed E-state index contributed by atoms with van der Waals surface area (Å²) in [5, 5.41) is 5.58. The van der Waals surface area contributed by atoms with Crippen LogP contribution in [0, 0.1) is 11.8 Å². The zero-order valence-corrected chi connectivity index (χ0v) is 20.5. The summed E-state index contributed by atoms with van der Waals surface area (Å²) in [6, 6.07) is 10.4. The van der Waals surface area contributed by atoms with E-state index in [0.29, 0.717) is 23.2 Å². The maximum Gasteiger partial charge on any atom is 0.338 e. The van der Waals surface area contributed by atoms with E-state index in [-0.39, 0.29) is 34.5 Å². The predicted molar refractivity (Wildman–Crippen MR) is 133 cm³/mol. The van der Waals surface area contributed by atoms with Crippen LogP contribution in [0.15, 0.2) is 42.5 Å². The molecule has 0 aromatic heterocycles. The highest BCUT2D eigenvalue weighted by molar-refractivity contribution is 6.34. The number of nitrogens with zero attached hydrogens (tertiary/aromatic N) is 1. The van der Waals surface area contributed by atoms with Crippen LogP contribution in [0.5, 0.6) is 0 Å². The van der Waals surface area contributed by atoms with E-state index in [4.69, 9.17) is 4.74 Å². The quantitative estimate of drug-likeness (QED) is 0.471. The zero-order chi connectivity index (χ0) is 26.0. The fourth-order valence-electron chi connectivity index (χ4n) is 4.75. The molecule has 3 atom stereocenters. The van der Waals surface area contributed by atoms with E-state index in [1.165, 1.54) is 25.1 Å². The number of benzene rings is 2. The standard InChI is InChI=1S/C27H29N3O6/c1-15-5-4-6-23(16(15)2)29-24(32)14-36-27(35)18-7-12-21-22(13-18)26(34)30(25(21)33)20-10-8-19(9-11-20)28-17(3)31/h7-13,15-16,23H,4-6,14H2,1-3H3,(H,28,31)(H,29,32). The number of nitrogens with one attached hydrogen (secondary N) is 2. The number of carbonyl (C=O) groups excluding carboxylic acids is 5. The molecule has 0 bridgehead atoms. The predicted octanol–water partition coefficient (Wildman–Crippen LogP) is 3.54. The fourth-order valence-corrected chi connectivity index (χ4v) is 4.75. The van der Waals surface area contributed by atoms with E-state index in [0.717, 1.165) is 24.2 Å². The third-order valence-electron chi connectivity index (χ3n) is 6.96. The van der Waals surface area contributed by atoms with E-state index in [1.807, 2.05) is 0 Å². The third-order valence-corrected chi connectivity index (χ3v) is 6.96. The van der Waals surface area contributed by atoms with Crippen molar-refractivity contribution in [3.8, 4) is 0 Å². The zero-order valence-electron chi connectivity index (χ0n) is 20.5. The molecule has 188 valence electrons. The SMILES string of the molecule is CC(=O)Nc1ccc(N2C(=O)c3ccc(C(=O)OCC(=O)NC4CCCC(C)C4C)cc3C2=O)cc1. The molecule has 9 heteroatoms. The Morgan fingerprint density at radius 2 is 1.67 bits per heavy atom. The van der Waals surface area contributed by atoms with Gasteiger partial charge in [-0.2, -0.15) is 0 Å². The van der Waals surface area contributed by atoms with Crippen LogP contribution in [0.1, 0.15) is 71.1 Å². The van der Waals surface area contributed by atoms with Gasteiger partial charge in [0.05, 0.1) is 22.4 Å². The molecule has 1 fully saturated rings. The second-order valence-electron chi connectivity index (χ2n) is 9.45. The Morgan fingerprint density at radius 3 is 2.36 bits per heavy atom. The molecule has 4 rings (SSSR count). The van der Waals surface area contributed by atoms with E-state index < -0.39 is 24.4 Å². The number of amides is 4. The Balaban J connectivity index is 1.40. The van der Waals surface area contributed by atoms with Gasteiger partial charge in [0.2, 0.25) is 5.91 Å². The number of anilines is 2. The molecule has 1 heterocycles. The van der Waals surface area contributed by atoms with Gasteiger partial charge in [0.1, 0.15) is 0 Å². The first-order valence-corrected chi connectivity index (χ1v) is 12.0. The number of rotatable bonds is 6. The molecule has 3 unspecified atom stereocenters. The number of fused-ring (bicyclic) bond motifs is 1. The minimum atomic E-state index is -0.753. The maximum atomic E-state index is 13.0. The number of esters is 1. The lowest BCUT2D eigenvalue weighted by Crippen LogP contribution is -2.45. The van der Waals surface area contributed by atoms with Gasteiger partial charge in [0.15, 0.2) is 6.61 Å². The lowest BCUT2D eigenvalue weighted by atomic mass is 9.78. The summed E-state index contributed by atoms with van der Waals surface area (Å²) in [5.41, 5.74) is 1.19. The summed E-state index contributed by atoms with van der Waals surface area (Å²) in [7, 11) is 0. The number of hydrogen-bond acceptors (Lipinski definition) is 6. The van der Waals surface area contributed by atoms with Crippen molar-refractivity contribution in [3.05, 3.63) is 59.2 Å². The Morgan fingerprint density at radius 1 is 0.972 bits per heavy atom. The van der Waals surface area contributed by atoms with Gasteiger partial charge < -0.3 is 15.4 Å². The van der Waals surface area contributed by atoms with Crippen molar-refractivity contribution in [3.63, 3.8) is 0 Å². The van der Waals surface area contributed by atoms with Gasteiger partial charge in [-0.25, -0.2) is 9.69 Å². The van der Waals surface area contributed by atoms with Gasteiger partial charge in [-0.05, 0) is 60.7 Å². The smallest absolute Gasteiger partial charge is 0.338 e. The van der Waals surface area contributed by atoms with Gasteiger partial charge >= 0.3 is 5.97 Å². The van der Waals surface area contributed by atoms with Gasteiger partial charge in [-0.15, -0.1) is 0 Å². The normalized spacial score (nSPS) is 21.1. The van der Waals surface area contributed by atoms with E-state index in [9.17, 15) is 24.0 Å². The maximum absolute atomic E-state index is 13.0. The Hall–Kier alpha value is -4.01. The lowest BCUT2D eigenvalue weighted by Gasteiger charge is -2.34. The molecular weight excluding hydrogens is 462 g/mol. The van der Waals surface area contributed by atoms with E-state index in [2.05, 4.69) is 24.5 Å². The molecule has 0 saturated heterocycles. The second kappa shape index (κ2) is 10.3. The highest BCUT2D eigenvalue weighted by Gasteiger charge is 2.37. The summed E-state index contributed by atoms with van der Waals surface area (Å²) >= 11 is 0. The van der Waals surface area contributed by atoms with Crippen LogP contribution in [0.25, 0.3) is 0 Å². The van der Waals surface area contributed by atoms with Crippen LogP contribution in [0.3, 0.4) is 0 Å². The summed E-state index contributed by atoms with van der Waals surface area (Å²) in [4.78, 5) is 63.0. The molecule has 2 aromatic carbocycles. The minimum Gasteiger partial charge on any atom is -0.452 e. The molecule has 1 aliphatic carbocycles. The molecular formula is C27H29N3O6. The average molecular weight is 492 g/mol. The summed E-state index contributed by atoms with van der Waals surface area (Å²) in [5.74, 6) is -1.57. The van der Waals surface area contributed by atoms with Crippen LogP contribution in [-0.2, 0) is 14.3 Å². The number of hydrogen-bond donors (Lipinski definition) is 2. The van der Waals surface area contributed by atoms with Crippen LogP contribution < -0.4 is 15.5 Å². The van der Waals surface area contributed by atoms with Gasteiger partial charge in [-0.3, -0.25) is 19.2 Å². The molecule has 2 aromatic rings. The summed E-state index contributed by atoms with van der Waals surface area (Å²) in [6.07, 6.45) is 3.09. The first-order valence-electron chi connectivity index (χ1n) is 12.0. The van der Waals surface area contributed by atoms with Crippen molar-refractivity contribution < 1.29 is 28.7 Å². The van der Waals surface area contributed by atoms with Crippen LogP contribution in [0.4, 0.5) is 11.4 Å². The third kappa shape index (κ3) is 5.15. The first kappa shape index (κ1) is 25.1. The lowest BCUT2D eigenvalue weighted by molar-refractivity contribution is -0.125. The fraction of sp³-hybridized carbons (Fsp3) is 0.370. The Labute approximate surface area is 209 Å². The van der Waals surface area contributed by atoms with Crippen molar-refractivity contribution in [1.82, 2.24) is 5.32 Å². The Bertz CT molecular complexity index is 1220. The monoisotopic (exact) mass is 491 g/mol. The van der Waals surface area contributed by atoms with Crippen molar-refractivity contribution in [2.75, 3.05) is 16.8 Å². The van der Waals surface area contributed by atoms with Crippen molar-refractivity contribution in [1.29, 1.82) is 0 Å². The average Bonchev–Trinajstić information content (AvgIpc) is 3.10. The van der Waals surface area contributed by atoms with Gasteiger partial charge in [-0.1, -0.05) is 26.7 Å². The molecule has 0 spiro atoms. The van der Waals surface area contributed by atoms with Crippen LogP contribution in [-0.4, -0.2) is 42.2 Å². The molecule has 9 nitrogen and oxygen atoms in total. The molecule has 4 amide bonds. The molecule has 0 radical (unpaired) electrons. The number of carbonyl (C=O) groups is 5. The summed E-state index contributed by atoms with van der Waals surface area (Å²) in [6.45, 7) is 5.24. The van der Waals surface area contributed by atoms with Crippen molar-refractivity contribution in [2.24, 2.45) is 11.8 Å². The van der Waals surface area contributed by atoms with Crippen molar-refractivity contribution in [2.45, 2.75) is 46.1 Å². The molecule has 36 heavy (non-hydrogen) atoms. The number of imide groups is 1. The highest BCUT2D eigenvalue weighted by atomic mass is 16.5. The van der Waals surface area contributed by atoms with E-state index in [1.54, 1.807) is 24.3 Å². The second-order valence-corrected chi connectivity index (χ2v) is 9.45. The Kier molecular flexibility index (Phi) is 7.19. The molecule has 2 aliphatic rings. The molecule has 1 saturated carbocycles. The highest BCUT2D eigenvalue weighted by Crippen LogP contribution is 2.31. The minimum absolute atomic E-state index is 0.0573. The largest absolute Gasteiger partial charge is 0.452 e. The van der Waals surface area contributed by atoms with Crippen LogP contribution in [0.2, 0.25) is 0 Å². The van der Waals surface area contributed by atoms with Gasteiger partial charge in [0, 0.05) is 18.7 Å². The van der Waals surface area contributed by atoms with Crippen LogP contribution >= 0.6 is 0 Å². The van der Waals surface area contributed by atoms with Gasteiger partial charge in [0.25, 0.3) is 17.7 Å². The topological polar surface area (TPSA) is 122 Å². The number of ether oxygens (including phenoxy) is 1. The summed E-state index contributed by atoms with van der Waals surface area (Å²) < 4.78 is 5.18.